The average molecular weight is 722 g/mol. The number of nitrogens with two attached hydrogens (primary N) is 1. The number of hydrogen-bond acceptors (Lipinski definition) is 15. The average Bonchev–Trinajstić information content (AvgIpc) is 2.97. The van der Waals surface area contributed by atoms with E-state index in [4.69, 9.17) is 14.3 Å². The molecule has 223 valence electrons. The van der Waals surface area contributed by atoms with E-state index in [9.17, 15) is 22.3 Å². The Bertz CT molecular complexity index is 1820. The zero-order chi connectivity index (χ0) is 30.4. The second-order valence-electron chi connectivity index (χ2n) is 8.23. The summed E-state index contributed by atoms with van der Waals surface area (Å²) in [6, 6.07) is 15.1. The van der Waals surface area contributed by atoms with E-state index in [2.05, 4.69) is 30.4 Å². The summed E-state index contributed by atoms with van der Waals surface area (Å²) in [6.07, 6.45) is 0. The fourth-order valence-electron chi connectivity index (χ4n) is 3.64. The van der Waals surface area contributed by atoms with Crippen LogP contribution in [0.25, 0.3) is 10.8 Å². The van der Waals surface area contributed by atoms with Crippen LogP contribution in [0.5, 0.6) is 5.75 Å². The Morgan fingerprint density at radius 3 is 2.28 bits per heavy atom. The summed E-state index contributed by atoms with van der Waals surface area (Å²) in [7, 11) is -2.22. The third-order valence-corrected chi connectivity index (χ3v) is 8.25. The van der Waals surface area contributed by atoms with Crippen LogP contribution in [-0.4, -0.2) is 36.5 Å². The molecule has 4 aromatic rings. The van der Waals surface area contributed by atoms with Crippen molar-refractivity contribution in [2.75, 3.05) is 20.0 Å². The first-order valence-corrected chi connectivity index (χ1v) is 14.8. The van der Waals surface area contributed by atoms with Crippen LogP contribution in [0.3, 0.4) is 0 Å². The summed E-state index contributed by atoms with van der Waals surface area (Å²) in [5, 5.41) is 32.5. The zero-order valence-electron chi connectivity index (χ0n) is 22.7. The molecule has 1 unspecified atom stereocenters. The second-order valence-corrected chi connectivity index (χ2v) is 11.6. The standard InChI is InChI=1S/C25H23N5O9S3.Y/c1-14-6-4-5-7-18(14)28-29-23-19(40-39-38-36-2)12-15-13-20(42(34,35)37-3)24(22(26)21(15)25(23)31)30-27-16-8-10-17(11-9-16)41(32)33;/h4-13,31H,26H2,1-3H3,(H,32,33);/p-1. The summed E-state index contributed by atoms with van der Waals surface area (Å²) in [5.74, 6) is -0.467. The molecule has 43 heavy (non-hydrogen) atoms. The molecule has 0 bridgehead atoms. The van der Waals surface area contributed by atoms with Gasteiger partial charge < -0.3 is 15.4 Å². The van der Waals surface area contributed by atoms with Crippen LogP contribution < -0.4 is 5.73 Å². The summed E-state index contributed by atoms with van der Waals surface area (Å²) >= 11 is -1.84. The van der Waals surface area contributed by atoms with Crippen LogP contribution in [0, 0.1) is 6.92 Å². The number of benzene rings is 4. The van der Waals surface area contributed by atoms with Gasteiger partial charge in [0.15, 0.2) is 5.75 Å². The number of nitrogens with zero attached hydrogens (tertiary/aromatic N) is 4. The van der Waals surface area contributed by atoms with Gasteiger partial charge in [0.1, 0.15) is 16.3 Å². The number of aryl methyl sites for hydroxylation is 1. The minimum Gasteiger partial charge on any atom is -0.768 e. The molecule has 0 spiro atoms. The predicted octanol–water partition coefficient (Wildman–Crippen LogP) is 6.35. The van der Waals surface area contributed by atoms with Crippen LogP contribution in [-0.2, 0) is 72.4 Å². The van der Waals surface area contributed by atoms with Gasteiger partial charge in [-0.25, -0.2) is 4.89 Å². The predicted molar refractivity (Wildman–Crippen MR) is 152 cm³/mol. The van der Waals surface area contributed by atoms with Crippen molar-refractivity contribution in [3.63, 3.8) is 0 Å². The van der Waals surface area contributed by atoms with Gasteiger partial charge in [0, 0.05) is 37.6 Å². The first-order valence-electron chi connectivity index (χ1n) is 11.6. The molecule has 0 saturated heterocycles. The Morgan fingerprint density at radius 1 is 0.977 bits per heavy atom. The number of aromatic hydroxyl groups is 1. The van der Waals surface area contributed by atoms with Crippen molar-refractivity contribution in [3.05, 3.63) is 66.2 Å². The van der Waals surface area contributed by atoms with E-state index in [-0.39, 0.29) is 76.0 Å². The normalized spacial score (nSPS) is 12.7. The van der Waals surface area contributed by atoms with Crippen LogP contribution >= 0.6 is 12.0 Å². The largest absolute Gasteiger partial charge is 0.768 e. The van der Waals surface area contributed by atoms with Crippen LogP contribution in [0.2, 0.25) is 0 Å². The number of phenols is 1. The molecule has 18 heteroatoms. The first-order chi connectivity index (χ1) is 20.1. The Kier molecular flexibility index (Phi) is 12.4. The van der Waals surface area contributed by atoms with Crippen molar-refractivity contribution in [1.82, 2.24) is 0 Å². The summed E-state index contributed by atoms with van der Waals surface area (Å²) in [4.78, 5) is 4.17. The number of fused-ring (bicyclic) bond motifs is 1. The summed E-state index contributed by atoms with van der Waals surface area (Å²) in [5.41, 5.74) is 7.27. The summed E-state index contributed by atoms with van der Waals surface area (Å²) < 4.78 is 57.6. The number of nitrogen functional groups attached to an aromatic ring is 1. The van der Waals surface area contributed by atoms with Gasteiger partial charge in [0.05, 0.1) is 53.6 Å². The maximum absolute atomic E-state index is 12.9. The van der Waals surface area contributed by atoms with E-state index < -0.39 is 31.8 Å². The maximum Gasteiger partial charge on any atom is 0.299 e. The Labute approximate surface area is 278 Å². The molecule has 0 aliphatic carbocycles. The van der Waals surface area contributed by atoms with E-state index in [1.165, 1.54) is 43.5 Å². The van der Waals surface area contributed by atoms with Crippen molar-refractivity contribution >= 4 is 72.5 Å². The van der Waals surface area contributed by atoms with Crippen LogP contribution in [0.4, 0.5) is 28.4 Å². The molecule has 4 aromatic carbocycles. The molecule has 0 fully saturated rings. The molecular formula is C25H22N5O9S3Y-. The first kappa shape index (κ1) is 34.8. The molecule has 0 heterocycles. The van der Waals surface area contributed by atoms with Crippen LogP contribution in [0.1, 0.15) is 5.56 Å². The Balaban J connectivity index is 0.00000506. The van der Waals surface area contributed by atoms with E-state index >= 15 is 0 Å². The molecule has 0 aliphatic rings. The third kappa shape index (κ3) is 8.07. The smallest absolute Gasteiger partial charge is 0.299 e. The minimum atomic E-state index is -4.39. The van der Waals surface area contributed by atoms with Gasteiger partial charge in [0.25, 0.3) is 10.1 Å². The van der Waals surface area contributed by atoms with Gasteiger partial charge >= 0.3 is 0 Å². The topological polar surface area (TPSA) is 207 Å². The van der Waals surface area contributed by atoms with E-state index in [1.54, 1.807) is 12.1 Å². The van der Waals surface area contributed by atoms with Crippen molar-refractivity contribution in [1.29, 1.82) is 0 Å². The van der Waals surface area contributed by atoms with Crippen molar-refractivity contribution < 1.29 is 73.4 Å². The second kappa shape index (κ2) is 15.3. The van der Waals surface area contributed by atoms with Crippen LogP contribution in [0.15, 0.2) is 95.8 Å². The zero-order valence-corrected chi connectivity index (χ0v) is 27.9. The number of phenolic OH excluding ortho intramolecular Hbond substituents is 1. The Morgan fingerprint density at radius 2 is 1.65 bits per heavy atom. The number of azo groups is 2. The summed E-state index contributed by atoms with van der Waals surface area (Å²) in [6.45, 7) is 1.83. The number of anilines is 1. The monoisotopic (exact) mass is 721 g/mol. The fraction of sp³-hybridized carbons (Fsp3) is 0.120. The Hall–Kier alpha value is -2.71. The number of hydrogen-bond donors (Lipinski definition) is 2. The molecule has 0 aliphatic heterocycles. The van der Waals surface area contributed by atoms with Gasteiger partial charge in [-0.2, -0.15) is 18.6 Å². The fourth-order valence-corrected chi connectivity index (χ4v) is 5.39. The molecule has 14 nitrogen and oxygen atoms in total. The number of rotatable bonds is 11. The van der Waals surface area contributed by atoms with Gasteiger partial charge in [-0.1, -0.05) is 23.2 Å². The molecule has 0 saturated carbocycles. The SMILES string of the molecule is COOOSc1cc2cc(S(=O)(=O)OC)c(N=Nc3ccc(S(=O)[O-])cc3)c(N)c2c(O)c1N=Nc1ccccc1C.[Y]. The van der Waals surface area contributed by atoms with E-state index in [0.717, 1.165) is 12.7 Å². The van der Waals surface area contributed by atoms with E-state index in [1.807, 2.05) is 19.1 Å². The molecule has 0 amide bonds. The quantitative estimate of drug-likeness (QED) is 0.0255. The third-order valence-electron chi connectivity index (χ3n) is 5.69. The van der Waals surface area contributed by atoms with Gasteiger partial charge in [-0.15, -0.1) is 14.6 Å². The molecular weight excluding hydrogens is 699 g/mol. The van der Waals surface area contributed by atoms with Gasteiger partial charge in [-0.3, -0.25) is 8.39 Å². The molecule has 1 radical (unpaired) electrons. The molecule has 4 rings (SSSR count). The molecule has 3 N–H and O–H groups in total. The molecule has 0 aromatic heterocycles. The minimum absolute atomic E-state index is 0. The maximum atomic E-state index is 12.9. The van der Waals surface area contributed by atoms with Crippen molar-refractivity contribution in [2.45, 2.75) is 21.6 Å². The van der Waals surface area contributed by atoms with Crippen molar-refractivity contribution in [2.24, 2.45) is 20.5 Å². The van der Waals surface area contributed by atoms with Gasteiger partial charge in [0.2, 0.25) is 0 Å². The van der Waals surface area contributed by atoms with Crippen molar-refractivity contribution in [3.8, 4) is 5.75 Å². The van der Waals surface area contributed by atoms with E-state index in [0.29, 0.717) is 17.7 Å². The molecule has 1 atom stereocenters. The van der Waals surface area contributed by atoms with Gasteiger partial charge in [-0.05, 0) is 71.4 Å².